The molecule has 1 rings (SSSR count). The Bertz CT molecular complexity index is 571. The van der Waals surface area contributed by atoms with Crippen molar-refractivity contribution in [2.75, 3.05) is 20.6 Å². The molecule has 0 aliphatic heterocycles. The molecule has 7 heteroatoms. The summed E-state index contributed by atoms with van der Waals surface area (Å²) in [4.78, 5) is 1.53. The van der Waals surface area contributed by atoms with Crippen molar-refractivity contribution in [3.63, 3.8) is 0 Å². The molecule has 0 aliphatic carbocycles. The zero-order chi connectivity index (χ0) is 15.6. The fourth-order valence-corrected chi connectivity index (χ4v) is 2.72. The number of nitrogens with one attached hydrogen (secondary N) is 1. The van der Waals surface area contributed by atoms with E-state index in [1.807, 2.05) is 32.8 Å². The van der Waals surface area contributed by atoms with Crippen LogP contribution in [0.15, 0.2) is 23.1 Å². The molecular formula is C13H22FN3O2S. The van der Waals surface area contributed by atoms with Crippen LogP contribution in [-0.2, 0) is 16.6 Å². The topological polar surface area (TPSA) is 75.4 Å². The van der Waals surface area contributed by atoms with E-state index in [0.717, 1.165) is 6.07 Å². The van der Waals surface area contributed by atoms with Crippen molar-refractivity contribution in [3.05, 3.63) is 29.6 Å². The molecule has 0 atom stereocenters. The summed E-state index contributed by atoms with van der Waals surface area (Å²) in [5.74, 6) is -0.780. The van der Waals surface area contributed by atoms with Crippen LogP contribution in [-0.4, -0.2) is 39.5 Å². The molecule has 0 aliphatic rings. The maximum atomic E-state index is 13.7. The third kappa shape index (κ3) is 3.99. The lowest BCUT2D eigenvalue weighted by Crippen LogP contribution is -2.48. The third-order valence-corrected chi connectivity index (χ3v) is 4.84. The molecule has 20 heavy (non-hydrogen) atoms. The van der Waals surface area contributed by atoms with Gasteiger partial charge in [-0.1, -0.05) is 6.07 Å². The Kier molecular flexibility index (Phi) is 5.26. The molecule has 114 valence electrons. The summed E-state index contributed by atoms with van der Waals surface area (Å²) in [6, 6.07) is 3.85. The van der Waals surface area contributed by atoms with Crippen molar-refractivity contribution in [1.29, 1.82) is 0 Å². The smallest absolute Gasteiger partial charge is 0.243 e. The zero-order valence-corrected chi connectivity index (χ0v) is 13.1. The Balaban J connectivity index is 3.00. The van der Waals surface area contributed by atoms with Crippen LogP contribution in [0.1, 0.15) is 19.4 Å². The summed E-state index contributed by atoms with van der Waals surface area (Å²) in [6.07, 6.45) is 0. The first-order valence-corrected chi connectivity index (χ1v) is 7.74. The second kappa shape index (κ2) is 6.17. The van der Waals surface area contributed by atoms with Crippen molar-refractivity contribution >= 4 is 10.0 Å². The molecule has 0 saturated heterocycles. The number of hydrogen-bond donors (Lipinski definition) is 2. The van der Waals surface area contributed by atoms with E-state index < -0.39 is 15.8 Å². The van der Waals surface area contributed by atoms with Gasteiger partial charge in [0.1, 0.15) is 10.7 Å². The van der Waals surface area contributed by atoms with Crippen molar-refractivity contribution in [3.8, 4) is 0 Å². The predicted molar refractivity (Wildman–Crippen MR) is 77.2 cm³/mol. The van der Waals surface area contributed by atoms with E-state index in [1.54, 1.807) is 0 Å². The van der Waals surface area contributed by atoms with E-state index in [2.05, 4.69) is 4.72 Å². The lowest BCUT2D eigenvalue weighted by molar-refractivity contribution is 0.199. The largest absolute Gasteiger partial charge is 0.326 e. The van der Waals surface area contributed by atoms with Gasteiger partial charge in [0.25, 0.3) is 0 Å². The van der Waals surface area contributed by atoms with Gasteiger partial charge in [-0.25, -0.2) is 17.5 Å². The van der Waals surface area contributed by atoms with Crippen LogP contribution in [0.5, 0.6) is 0 Å². The Morgan fingerprint density at radius 1 is 1.35 bits per heavy atom. The summed E-state index contributed by atoms with van der Waals surface area (Å²) < 4.78 is 40.5. The highest BCUT2D eigenvalue weighted by molar-refractivity contribution is 7.89. The Morgan fingerprint density at radius 3 is 2.45 bits per heavy atom. The summed E-state index contributed by atoms with van der Waals surface area (Å²) in [5, 5.41) is 0. The minimum Gasteiger partial charge on any atom is -0.326 e. The second-order valence-corrected chi connectivity index (χ2v) is 7.24. The Morgan fingerprint density at radius 2 is 1.95 bits per heavy atom. The summed E-state index contributed by atoms with van der Waals surface area (Å²) in [5.41, 5.74) is 5.64. The number of benzene rings is 1. The fourth-order valence-electron chi connectivity index (χ4n) is 1.39. The van der Waals surface area contributed by atoms with Crippen molar-refractivity contribution in [2.24, 2.45) is 5.73 Å². The lowest BCUT2D eigenvalue weighted by Gasteiger charge is -2.32. The molecule has 0 heterocycles. The molecular weight excluding hydrogens is 281 g/mol. The molecule has 1 aromatic carbocycles. The Hall–Kier alpha value is -1.02. The minimum atomic E-state index is -3.90. The maximum absolute atomic E-state index is 13.7. The van der Waals surface area contributed by atoms with E-state index in [0.29, 0.717) is 5.56 Å². The highest BCUT2D eigenvalue weighted by atomic mass is 32.2. The molecule has 3 N–H and O–H groups in total. The van der Waals surface area contributed by atoms with Gasteiger partial charge >= 0.3 is 0 Å². The van der Waals surface area contributed by atoms with Gasteiger partial charge < -0.3 is 10.6 Å². The van der Waals surface area contributed by atoms with Gasteiger partial charge in [-0.15, -0.1) is 0 Å². The maximum Gasteiger partial charge on any atom is 0.243 e. The molecule has 1 aromatic rings. The monoisotopic (exact) mass is 303 g/mol. The van der Waals surface area contributed by atoms with Crippen LogP contribution >= 0.6 is 0 Å². The summed E-state index contributed by atoms with van der Waals surface area (Å²) in [7, 11) is -0.195. The second-order valence-electron chi connectivity index (χ2n) is 5.50. The van der Waals surface area contributed by atoms with E-state index in [9.17, 15) is 12.8 Å². The number of rotatable bonds is 6. The van der Waals surface area contributed by atoms with Gasteiger partial charge in [0.15, 0.2) is 0 Å². The average Bonchev–Trinajstić information content (AvgIpc) is 2.37. The van der Waals surface area contributed by atoms with E-state index in [1.165, 1.54) is 12.1 Å². The minimum absolute atomic E-state index is 0.159. The van der Waals surface area contributed by atoms with E-state index >= 15 is 0 Å². The molecule has 0 spiro atoms. The van der Waals surface area contributed by atoms with E-state index in [4.69, 9.17) is 5.73 Å². The standard InChI is InChI=1S/C13H22FN3O2S/c1-13(2,17(3)4)9-16-20(18,19)12-7-10(8-15)5-6-11(12)14/h5-7,16H,8-9,15H2,1-4H3. The van der Waals surface area contributed by atoms with Crippen LogP contribution in [0.25, 0.3) is 0 Å². The van der Waals surface area contributed by atoms with Crippen LogP contribution in [0.3, 0.4) is 0 Å². The summed E-state index contributed by atoms with van der Waals surface area (Å²) in [6.45, 7) is 4.12. The highest BCUT2D eigenvalue weighted by Gasteiger charge is 2.25. The normalized spacial score (nSPS) is 12.9. The quantitative estimate of drug-likeness (QED) is 0.819. The first kappa shape index (κ1) is 17.0. The van der Waals surface area contributed by atoms with Gasteiger partial charge in [-0.05, 0) is 45.6 Å². The molecule has 0 radical (unpaired) electrons. The number of sulfonamides is 1. The van der Waals surface area contributed by atoms with Crippen molar-refractivity contribution < 1.29 is 12.8 Å². The first-order chi connectivity index (χ1) is 9.10. The van der Waals surface area contributed by atoms with Crippen LogP contribution in [0, 0.1) is 5.82 Å². The van der Waals surface area contributed by atoms with Gasteiger partial charge in [-0.2, -0.15) is 0 Å². The zero-order valence-electron chi connectivity index (χ0n) is 12.3. The number of nitrogens with two attached hydrogens (primary N) is 1. The van der Waals surface area contributed by atoms with Crippen molar-refractivity contribution in [2.45, 2.75) is 30.8 Å². The molecule has 0 fully saturated rings. The van der Waals surface area contributed by atoms with Crippen LogP contribution in [0.2, 0.25) is 0 Å². The van der Waals surface area contributed by atoms with Gasteiger partial charge in [0.05, 0.1) is 0 Å². The number of halogens is 1. The first-order valence-electron chi connectivity index (χ1n) is 6.26. The van der Waals surface area contributed by atoms with Crippen LogP contribution in [0.4, 0.5) is 4.39 Å². The molecule has 0 aromatic heterocycles. The lowest BCUT2D eigenvalue weighted by atomic mass is 10.1. The van der Waals surface area contributed by atoms with Gasteiger partial charge in [0.2, 0.25) is 10.0 Å². The highest BCUT2D eigenvalue weighted by Crippen LogP contribution is 2.17. The van der Waals surface area contributed by atoms with Gasteiger partial charge in [0, 0.05) is 18.6 Å². The number of nitrogens with zero attached hydrogens (tertiary/aromatic N) is 1. The molecule has 0 saturated carbocycles. The Labute approximate surface area is 120 Å². The number of hydrogen-bond acceptors (Lipinski definition) is 4. The number of likely N-dealkylation sites (N-methyl/N-ethyl adjacent to an activating group) is 1. The van der Waals surface area contributed by atoms with Crippen molar-refractivity contribution in [1.82, 2.24) is 9.62 Å². The summed E-state index contributed by atoms with van der Waals surface area (Å²) >= 11 is 0. The molecule has 0 unspecified atom stereocenters. The van der Waals surface area contributed by atoms with E-state index in [-0.39, 0.29) is 23.5 Å². The molecule has 0 amide bonds. The third-order valence-electron chi connectivity index (χ3n) is 3.43. The SMILES string of the molecule is CN(C)C(C)(C)CNS(=O)(=O)c1cc(CN)ccc1F. The predicted octanol–water partition coefficient (Wildman–Crippen LogP) is 0.903. The van der Waals surface area contributed by atoms with Gasteiger partial charge in [-0.3, -0.25) is 0 Å². The molecule has 0 bridgehead atoms. The fraction of sp³-hybridized carbons (Fsp3) is 0.538. The average molecular weight is 303 g/mol. The van der Waals surface area contributed by atoms with Crippen LogP contribution < -0.4 is 10.5 Å². The molecule has 5 nitrogen and oxygen atoms in total.